The second-order valence-corrected chi connectivity index (χ2v) is 10.8. The van der Waals surface area contributed by atoms with Crippen molar-refractivity contribution in [1.82, 2.24) is 0 Å². The van der Waals surface area contributed by atoms with E-state index in [4.69, 9.17) is 13.6 Å². The highest BCUT2D eigenvalue weighted by Crippen LogP contribution is 2.42. The maximum atomic E-state index is 6.43. The van der Waals surface area contributed by atoms with Gasteiger partial charge in [-0.3, -0.25) is 0 Å². The molecule has 0 heterocycles. The Morgan fingerprint density at radius 3 is 2.04 bits per heavy atom. The van der Waals surface area contributed by atoms with Crippen molar-refractivity contribution < 1.29 is 13.6 Å². The summed E-state index contributed by atoms with van der Waals surface area (Å²) in [6.45, 7) is 19.8. The molecule has 0 aromatic heterocycles. The summed E-state index contributed by atoms with van der Waals surface area (Å²) in [5.41, 5.74) is -0.306. The van der Waals surface area contributed by atoms with E-state index >= 15 is 0 Å². The third-order valence-electron chi connectivity index (χ3n) is 4.48. The Hall–Kier alpha value is -0.146. The first-order valence-corrected chi connectivity index (χ1v) is 13.8. The molecule has 0 aliphatic heterocycles. The maximum Gasteiger partial charge on any atom is 0.161 e. The molecule has 0 fully saturated rings. The molecule has 0 bridgehead atoms. The van der Waals surface area contributed by atoms with Crippen LogP contribution in [0.1, 0.15) is 34.6 Å². The van der Waals surface area contributed by atoms with Crippen molar-refractivity contribution in [2.24, 2.45) is 16.7 Å². The molecule has 25 heavy (non-hydrogen) atoms. The van der Waals surface area contributed by atoms with E-state index < -0.39 is 19.5 Å². The summed E-state index contributed by atoms with van der Waals surface area (Å²) in [4.78, 5) is 0. The maximum absolute atomic E-state index is 6.43. The number of hydrogen-bond acceptors (Lipinski definition) is 3. The van der Waals surface area contributed by atoms with Crippen LogP contribution in [0, 0.1) is 23.7 Å². The Morgan fingerprint density at radius 2 is 1.60 bits per heavy atom. The highest BCUT2D eigenvalue weighted by Gasteiger charge is 2.44. The quantitative estimate of drug-likeness (QED) is 0.417. The van der Waals surface area contributed by atoms with E-state index in [0.29, 0.717) is 0 Å². The lowest BCUT2D eigenvalue weighted by Crippen LogP contribution is -2.50. The zero-order valence-corrected chi connectivity index (χ0v) is 21.2. The average molecular weight is 447 g/mol. The highest BCUT2D eigenvalue weighted by atomic mass is 79.9. The first-order chi connectivity index (χ1) is 11.5. The van der Waals surface area contributed by atoms with Crippen LogP contribution in [0.15, 0.2) is 28.7 Å². The Labute approximate surface area is 167 Å². The number of halogens is 1. The van der Waals surface area contributed by atoms with Gasteiger partial charge in [0, 0.05) is 15.8 Å². The number of rotatable bonds is 9. The monoisotopic (exact) mass is 445 g/mol. The zero-order chi connectivity index (χ0) is 19.3. The zero-order valence-electron chi connectivity index (χ0n) is 16.8. The van der Waals surface area contributed by atoms with Crippen LogP contribution in [0.3, 0.4) is 0 Å². The molecule has 1 aromatic carbocycles. The molecule has 143 valence electrons. The van der Waals surface area contributed by atoms with Gasteiger partial charge in [-0.15, -0.1) is 0 Å². The van der Waals surface area contributed by atoms with Gasteiger partial charge in [0.15, 0.2) is 19.5 Å². The molecule has 0 spiro atoms. The molecule has 0 N–H and O–H groups in total. The molecule has 2 atom stereocenters. The first kappa shape index (κ1) is 22.9. The summed E-state index contributed by atoms with van der Waals surface area (Å²) >= 11 is 3.52. The third-order valence-corrected chi connectivity index (χ3v) is 6.24. The fourth-order valence-corrected chi connectivity index (χ4v) is 5.12. The molecule has 0 saturated carbocycles. The molecular weight excluding hydrogens is 412 g/mol. The van der Waals surface area contributed by atoms with Crippen LogP contribution in [0.2, 0.25) is 13.1 Å². The molecule has 2 unspecified atom stereocenters. The topological polar surface area (TPSA) is 27.7 Å². The smallest absolute Gasteiger partial charge is 0.161 e. The molecule has 1 radical (unpaired) electrons. The molecule has 0 amide bonds. The molecule has 0 aliphatic carbocycles. The SMILES string of the molecule is [CH2]C(C(Oc1cccc(Br)c1)C(C)(C)C)C(C)(C)C(O[SiH2]C)O[SiH2]C. The normalized spacial score (nSPS) is 17.3. The molecule has 0 saturated heterocycles. The lowest BCUT2D eigenvalue weighted by Gasteiger charge is -2.46. The van der Waals surface area contributed by atoms with Gasteiger partial charge >= 0.3 is 0 Å². The standard InChI is InChI=1S/C19H34BrO3Si2/c1-13(19(5,6)17(22-24-7)23-25-8)16(18(2,3)4)21-15-11-9-10-14(20)12-15/h9-13,16-17H,1,24-25H2,2-8H3. The van der Waals surface area contributed by atoms with Gasteiger partial charge in [0.2, 0.25) is 0 Å². The Balaban J connectivity index is 3.12. The lowest BCUT2D eigenvalue weighted by atomic mass is 9.69. The van der Waals surface area contributed by atoms with Crippen LogP contribution >= 0.6 is 15.9 Å². The van der Waals surface area contributed by atoms with Crippen molar-refractivity contribution in [3.05, 3.63) is 35.7 Å². The Morgan fingerprint density at radius 1 is 1.04 bits per heavy atom. The van der Waals surface area contributed by atoms with Crippen LogP contribution in [0.4, 0.5) is 0 Å². The minimum Gasteiger partial charge on any atom is -0.490 e. The second kappa shape index (κ2) is 9.69. The van der Waals surface area contributed by atoms with Gasteiger partial charge in [0.1, 0.15) is 18.1 Å². The Kier molecular flexibility index (Phi) is 8.88. The van der Waals surface area contributed by atoms with Crippen molar-refractivity contribution in [3.8, 4) is 5.75 Å². The molecule has 3 nitrogen and oxygen atoms in total. The van der Waals surface area contributed by atoms with E-state index in [2.05, 4.69) is 70.6 Å². The number of ether oxygens (including phenoxy) is 1. The second-order valence-electron chi connectivity index (χ2n) is 8.03. The molecule has 6 heteroatoms. The van der Waals surface area contributed by atoms with Crippen molar-refractivity contribution >= 4 is 35.5 Å². The Bertz CT molecular complexity index is 526. The number of benzene rings is 1. The highest BCUT2D eigenvalue weighted by molar-refractivity contribution is 9.10. The van der Waals surface area contributed by atoms with Crippen LogP contribution in [-0.4, -0.2) is 31.9 Å². The summed E-state index contributed by atoms with van der Waals surface area (Å²) < 4.78 is 19.5. The van der Waals surface area contributed by atoms with E-state index in [1.54, 1.807) is 0 Å². The summed E-state index contributed by atoms with van der Waals surface area (Å²) in [6, 6.07) is 7.98. The minimum atomic E-state index is -0.564. The fourth-order valence-electron chi connectivity index (χ4n) is 2.89. The average Bonchev–Trinajstić information content (AvgIpc) is 2.50. The fraction of sp³-hybridized carbons (Fsp3) is 0.632. The molecular formula is C19H34BrO3Si2. The van der Waals surface area contributed by atoms with E-state index in [1.807, 2.05) is 24.3 Å². The van der Waals surface area contributed by atoms with Gasteiger partial charge in [0.05, 0.1) is 0 Å². The van der Waals surface area contributed by atoms with Gasteiger partial charge in [-0.2, -0.15) is 0 Å². The third kappa shape index (κ3) is 6.50. The van der Waals surface area contributed by atoms with Gasteiger partial charge in [-0.1, -0.05) is 69.7 Å². The first-order valence-electron chi connectivity index (χ1n) is 9.02. The van der Waals surface area contributed by atoms with Gasteiger partial charge in [-0.25, -0.2) is 0 Å². The van der Waals surface area contributed by atoms with Crippen molar-refractivity contribution in [3.63, 3.8) is 0 Å². The van der Waals surface area contributed by atoms with Gasteiger partial charge in [0.25, 0.3) is 0 Å². The summed E-state index contributed by atoms with van der Waals surface area (Å²) in [7, 11) is -1.13. The van der Waals surface area contributed by atoms with Crippen molar-refractivity contribution in [2.75, 3.05) is 0 Å². The number of hydrogen-bond donors (Lipinski definition) is 0. The lowest BCUT2D eigenvalue weighted by molar-refractivity contribution is -0.125. The van der Waals surface area contributed by atoms with Crippen molar-refractivity contribution in [2.45, 2.75) is 60.1 Å². The van der Waals surface area contributed by atoms with Crippen molar-refractivity contribution in [1.29, 1.82) is 0 Å². The largest absolute Gasteiger partial charge is 0.490 e. The van der Waals surface area contributed by atoms with E-state index in [0.717, 1.165) is 10.2 Å². The van der Waals surface area contributed by atoms with Crippen LogP contribution < -0.4 is 4.74 Å². The summed E-state index contributed by atoms with van der Waals surface area (Å²) in [6.07, 6.45) is -0.261. The summed E-state index contributed by atoms with van der Waals surface area (Å²) in [5, 5.41) is 0. The predicted octanol–water partition coefficient (Wildman–Crippen LogP) is 4.34. The van der Waals surface area contributed by atoms with E-state index in [-0.39, 0.29) is 29.1 Å². The minimum absolute atomic E-state index is 0.0116. The van der Waals surface area contributed by atoms with E-state index in [9.17, 15) is 0 Å². The molecule has 1 aromatic rings. The van der Waals surface area contributed by atoms with Crippen LogP contribution in [-0.2, 0) is 8.85 Å². The van der Waals surface area contributed by atoms with Crippen LogP contribution in [0.5, 0.6) is 5.75 Å². The van der Waals surface area contributed by atoms with Crippen LogP contribution in [0.25, 0.3) is 0 Å². The predicted molar refractivity (Wildman–Crippen MR) is 115 cm³/mol. The molecule has 0 aliphatic rings. The van der Waals surface area contributed by atoms with E-state index in [1.165, 1.54) is 0 Å². The van der Waals surface area contributed by atoms with Gasteiger partial charge in [-0.05, 0) is 30.5 Å². The molecule has 1 rings (SSSR count). The van der Waals surface area contributed by atoms with Gasteiger partial charge < -0.3 is 13.6 Å². The summed E-state index contributed by atoms with van der Waals surface area (Å²) in [5.74, 6) is 0.865.